The van der Waals surface area contributed by atoms with Crippen LogP contribution in [0.2, 0.25) is 0 Å². The van der Waals surface area contributed by atoms with Crippen LogP contribution in [0.5, 0.6) is 5.75 Å². The Balaban J connectivity index is 2.36. The highest BCUT2D eigenvalue weighted by Gasteiger charge is 2.04. The third-order valence-corrected chi connectivity index (χ3v) is 3.43. The fourth-order valence-corrected chi connectivity index (χ4v) is 2.27. The van der Waals surface area contributed by atoms with Crippen LogP contribution in [0.25, 0.3) is 0 Å². The van der Waals surface area contributed by atoms with Crippen molar-refractivity contribution in [3.05, 3.63) is 28.8 Å². The zero-order valence-electron chi connectivity index (χ0n) is 11.6. The third-order valence-electron chi connectivity index (χ3n) is 3.43. The highest BCUT2D eigenvalue weighted by Crippen LogP contribution is 2.24. The standard InChI is InChI=1S/C16H26O/c1-4-5-6-7-8-9-10-15-11-13(2)12-16(17)14(15)3/h11-12,17H,4-10H2,1-3H3. The first kappa shape index (κ1) is 14.1. The minimum Gasteiger partial charge on any atom is -0.508 e. The van der Waals surface area contributed by atoms with Gasteiger partial charge in [0.05, 0.1) is 0 Å². The van der Waals surface area contributed by atoms with Gasteiger partial charge in [-0.3, -0.25) is 0 Å². The second kappa shape index (κ2) is 7.37. The van der Waals surface area contributed by atoms with E-state index in [1.807, 2.05) is 19.9 Å². The molecule has 1 heteroatoms. The zero-order chi connectivity index (χ0) is 12.7. The van der Waals surface area contributed by atoms with Gasteiger partial charge in [0.1, 0.15) is 5.75 Å². The van der Waals surface area contributed by atoms with Crippen molar-refractivity contribution in [1.82, 2.24) is 0 Å². The lowest BCUT2D eigenvalue weighted by molar-refractivity contribution is 0.469. The number of benzene rings is 1. The fourth-order valence-electron chi connectivity index (χ4n) is 2.27. The van der Waals surface area contributed by atoms with Gasteiger partial charge in [0.25, 0.3) is 0 Å². The van der Waals surface area contributed by atoms with Gasteiger partial charge in [-0.25, -0.2) is 0 Å². The molecule has 0 saturated heterocycles. The largest absolute Gasteiger partial charge is 0.508 e. The van der Waals surface area contributed by atoms with Crippen molar-refractivity contribution < 1.29 is 5.11 Å². The number of aryl methyl sites for hydroxylation is 2. The maximum atomic E-state index is 9.75. The van der Waals surface area contributed by atoms with E-state index in [1.165, 1.54) is 44.1 Å². The predicted molar refractivity (Wildman–Crippen MR) is 74.7 cm³/mol. The van der Waals surface area contributed by atoms with Crippen molar-refractivity contribution in [2.24, 2.45) is 0 Å². The Morgan fingerprint density at radius 2 is 1.59 bits per heavy atom. The first-order valence-corrected chi connectivity index (χ1v) is 6.94. The molecule has 0 aliphatic rings. The molecule has 0 aliphatic heterocycles. The summed E-state index contributed by atoms with van der Waals surface area (Å²) < 4.78 is 0. The SMILES string of the molecule is CCCCCCCCc1cc(C)cc(O)c1C. The highest BCUT2D eigenvalue weighted by molar-refractivity contribution is 5.41. The molecule has 0 amide bonds. The van der Waals surface area contributed by atoms with Crippen LogP contribution in [0.3, 0.4) is 0 Å². The Hall–Kier alpha value is -0.980. The number of hydrogen-bond donors (Lipinski definition) is 1. The summed E-state index contributed by atoms with van der Waals surface area (Å²) in [5.41, 5.74) is 3.54. The number of rotatable bonds is 7. The van der Waals surface area contributed by atoms with Gasteiger partial charge in [-0.05, 0) is 49.4 Å². The van der Waals surface area contributed by atoms with E-state index >= 15 is 0 Å². The number of phenolic OH excluding ortho intramolecular Hbond substituents is 1. The van der Waals surface area contributed by atoms with Crippen LogP contribution in [0.15, 0.2) is 12.1 Å². The van der Waals surface area contributed by atoms with Crippen molar-refractivity contribution >= 4 is 0 Å². The van der Waals surface area contributed by atoms with E-state index in [2.05, 4.69) is 13.0 Å². The topological polar surface area (TPSA) is 20.2 Å². The molecule has 1 rings (SSSR count). The van der Waals surface area contributed by atoms with Gasteiger partial charge in [-0.15, -0.1) is 0 Å². The second-order valence-corrected chi connectivity index (χ2v) is 5.09. The summed E-state index contributed by atoms with van der Waals surface area (Å²) in [6.07, 6.45) is 9.06. The molecule has 0 aromatic heterocycles. The van der Waals surface area contributed by atoms with E-state index in [0.29, 0.717) is 5.75 Å². The second-order valence-electron chi connectivity index (χ2n) is 5.09. The molecule has 0 aliphatic carbocycles. The lowest BCUT2D eigenvalue weighted by atomic mass is 9.98. The van der Waals surface area contributed by atoms with Gasteiger partial charge >= 0.3 is 0 Å². The molecule has 1 aromatic carbocycles. The Morgan fingerprint density at radius 3 is 2.29 bits per heavy atom. The summed E-state index contributed by atoms with van der Waals surface area (Å²) in [5, 5.41) is 9.75. The molecule has 0 heterocycles. The van der Waals surface area contributed by atoms with Gasteiger partial charge in [0.15, 0.2) is 0 Å². The van der Waals surface area contributed by atoms with Gasteiger partial charge < -0.3 is 5.11 Å². The van der Waals surface area contributed by atoms with Crippen molar-refractivity contribution in [1.29, 1.82) is 0 Å². The Kier molecular flexibility index (Phi) is 6.10. The maximum absolute atomic E-state index is 9.75. The van der Waals surface area contributed by atoms with Gasteiger partial charge in [-0.1, -0.05) is 45.1 Å². The van der Waals surface area contributed by atoms with Gasteiger partial charge in [0, 0.05) is 0 Å². The minimum atomic E-state index is 0.450. The van der Waals surface area contributed by atoms with E-state index < -0.39 is 0 Å². The Bertz CT molecular complexity index is 342. The summed E-state index contributed by atoms with van der Waals surface area (Å²) in [6, 6.07) is 4.06. The highest BCUT2D eigenvalue weighted by atomic mass is 16.3. The molecule has 96 valence electrons. The maximum Gasteiger partial charge on any atom is 0.119 e. The lowest BCUT2D eigenvalue weighted by Gasteiger charge is -2.09. The van der Waals surface area contributed by atoms with E-state index in [1.54, 1.807) is 0 Å². The van der Waals surface area contributed by atoms with Crippen molar-refractivity contribution in [2.45, 2.75) is 65.7 Å². The lowest BCUT2D eigenvalue weighted by Crippen LogP contribution is -1.92. The van der Waals surface area contributed by atoms with Crippen LogP contribution in [0.4, 0.5) is 0 Å². The molecule has 0 bridgehead atoms. The van der Waals surface area contributed by atoms with Crippen LogP contribution < -0.4 is 0 Å². The fraction of sp³-hybridized carbons (Fsp3) is 0.625. The predicted octanol–water partition coefficient (Wildman–Crippen LogP) is 4.91. The molecule has 1 N–H and O–H groups in total. The molecule has 0 unspecified atom stereocenters. The molecule has 17 heavy (non-hydrogen) atoms. The molecule has 1 aromatic rings. The number of phenols is 1. The summed E-state index contributed by atoms with van der Waals surface area (Å²) in [4.78, 5) is 0. The van der Waals surface area contributed by atoms with Crippen LogP contribution in [0, 0.1) is 13.8 Å². The average Bonchev–Trinajstić information content (AvgIpc) is 2.29. The average molecular weight is 234 g/mol. The summed E-state index contributed by atoms with van der Waals surface area (Å²) >= 11 is 0. The summed E-state index contributed by atoms with van der Waals surface area (Å²) in [5.74, 6) is 0.450. The van der Waals surface area contributed by atoms with E-state index in [-0.39, 0.29) is 0 Å². The normalized spacial score (nSPS) is 10.8. The van der Waals surface area contributed by atoms with Crippen LogP contribution in [-0.2, 0) is 6.42 Å². The van der Waals surface area contributed by atoms with Crippen LogP contribution in [-0.4, -0.2) is 5.11 Å². The van der Waals surface area contributed by atoms with E-state index in [9.17, 15) is 5.11 Å². The Labute approximate surface area is 106 Å². The van der Waals surface area contributed by atoms with Crippen LogP contribution >= 0.6 is 0 Å². The number of unbranched alkanes of at least 4 members (excludes halogenated alkanes) is 5. The molecule has 0 saturated carbocycles. The molecular weight excluding hydrogens is 208 g/mol. The van der Waals surface area contributed by atoms with Gasteiger partial charge in [-0.2, -0.15) is 0 Å². The van der Waals surface area contributed by atoms with Gasteiger partial charge in [0.2, 0.25) is 0 Å². The first-order chi connectivity index (χ1) is 8.15. The van der Waals surface area contributed by atoms with Crippen molar-refractivity contribution in [3.63, 3.8) is 0 Å². The smallest absolute Gasteiger partial charge is 0.119 e. The number of aromatic hydroxyl groups is 1. The van der Waals surface area contributed by atoms with E-state index in [0.717, 1.165) is 17.5 Å². The zero-order valence-corrected chi connectivity index (χ0v) is 11.6. The van der Waals surface area contributed by atoms with Crippen molar-refractivity contribution in [3.8, 4) is 5.75 Å². The molecule has 0 atom stereocenters. The third kappa shape index (κ3) is 4.80. The van der Waals surface area contributed by atoms with E-state index in [4.69, 9.17) is 0 Å². The summed E-state index contributed by atoms with van der Waals surface area (Å²) in [6.45, 7) is 6.31. The molecular formula is C16H26O. The Morgan fingerprint density at radius 1 is 0.941 bits per heavy atom. The monoisotopic (exact) mass is 234 g/mol. The quantitative estimate of drug-likeness (QED) is 0.664. The number of hydrogen-bond acceptors (Lipinski definition) is 1. The van der Waals surface area contributed by atoms with Crippen molar-refractivity contribution in [2.75, 3.05) is 0 Å². The molecule has 0 spiro atoms. The summed E-state index contributed by atoms with van der Waals surface area (Å²) in [7, 11) is 0. The molecule has 0 fully saturated rings. The molecule has 1 nitrogen and oxygen atoms in total. The molecule has 0 radical (unpaired) electrons. The van der Waals surface area contributed by atoms with Crippen LogP contribution in [0.1, 0.15) is 62.1 Å². The first-order valence-electron chi connectivity index (χ1n) is 6.94. The minimum absolute atomic E-state index is 0.450.